The van der Waals surface area contributed by atoms with Crippen LogP contribution in [-0.4, -0.2) is 45.0 Å². The number of carbonyl (C=O) groups is 1. The zero-order valence-corrected chi connectivity index (χ0v) is 16.5. The van der Waals surface area contributed by atoms with E-state index in [1.165, 1.54) is 0 Å². The van der Waals surface area contributed by atoms with Crippen molar-refractivity contribution in [1.29, 1.82) is 0 Å². The molecule has 2 aromatic carbocycles. The first-order valence-electron chi connectivity index (χ1n) is 10.2. The number of hydrogen-bond donors (Lipinski definition) is 1. The minimum absolute atomic E-state index is 0.000969. The van der Waals surface area contributed by atoms with Gasteiger partial charge in [-0.15, -0.1) is 0 Å². The second-order valence-corrected chi connectivity index (χ2v) is 7.49. The van der Waals surface area contributed by atoms with E-state index in [-0.39, 0.29) is 12.0 Å². The number of rotatable bonds is 4. The molecule has 1 aliphatic rings. The van der Waals surface area contributed by atoms with E-state index in [0.717, 1.165) is 36.1 Å². The quantitative estimate of drug-likeness (QED) is 0.556. The van der Waals surface area contributed by atoms with Crippen molar-refractivity contribution in [2.45, 2.75) is 18.9 Å². The third kappa shape index (κ3) is 3.76. The van der Waals surface area contributed by atoms with Gasteiger partial charge < -0.3 is 14.6 Å². The Balaban J connectivity index is 1.34. The lowest BCUT2D eigenvalue weighted by atomic mass is 10.1. The summed E-state index contributed by atoms with van der Waals surface area (Å²) in [5.74, 6) is 1.44. The van der Waals surface area contributed by atoms with Crippen molar-refractivity contribution < 1.29 is 9.53 Å². The van der Waals surface area contributed by atoms with Crippen LogP contribution in [-0.2, 0) is 0 Å². The Morgan fingerprint density at radius 3 is 2.63 bits per heavy atom. The van der Waals surface area contributed by atoms with E-state index in [4.69, 9.17) is 4.74 Å². The zero-order valence-electron chi connectivity index (χ0n) is 16.5. The van der Waals surface area contributed by atoms with Crippen molar-refractivity contribution in [3.05, 3.63) is 78.6 Å². The second kappa shape index (κ2) is 7.99. The fourth-order valence-electron chi connectivity index (χ4n) is 3.84. The van der Waals surface area contributed by atoms with Crippen molar-refractivity contribution in [3.63, 3.8) is 0 Å². The van der Waals surface area contributed by atoms with E-state index in [9.17, 15) is 4.79 Å². The first-order chi connectivity index (χ1) is 14.8. The number of amides is 1. The molecule has 3 heterocycles. The van der Waals surface area contributed by atoms with Gasteiger partial charge in [-0.3, -0.25) is 4.79 Å². The molecule has 6 nitrogen and oxygen atoms in total. The fraction of sp³-hybridized carbons (Fsp3) is 0.208. The maximum Gasteiger partial charge on any atom is 0.270 e. The van der Waals surface area contributed by atoms with Gasteiger partial charge in [-0.25, -0.2) is 9.97 Å². The Bertz CT molecular complexity index is 1160. The van der Waals surface area contributed by atoms with Crippen molar-refractivity contribution in [2.75, 3.05) is 13.1 Å². The molecule has 6 heteroatoms. The smallest absolute Gasteiger partial charge is 0.270 e. The van der Waals surface area contributed by atoms with Crippen molar-refractivity contribution >= 4 is 16.9 Å². The molecular formula is C24H22N4O2. The summed E-state index contributed by atoms with van der Waals surface area (Å²) in [6, 6.07) is 21.4. The Morgan fingerprint density at radius 1 is 1.07 bits per heavy atom. The average Bonchev–Trinajstić information content (AvgIpc) is 3.23. The summed E-state index contributed by atoms with van der Waals surface area (Å²) >= 11 is 0. The van der Waals surface area contributed by atoms with Crippen molar-refractivity contribution in [1.82, 2.24) is 19.9 Å². The largest absolute Gasteiger partial charge is 0.489 e. The fourth-order valence-corrected chi connectivity index (χ4v) is 3.84. The third-order valence-corrected chi connectivity index (χ3v) is 5.34. The molecule has 2 aromatic heterocycles. The van der Waals surface area contributed by atoms with Gasteiger partial charge in [0.15, 0.2) is 5.82 Å². The third-order valence-electron chi connectivity index (χ3n) is 5.34. The van der Waals surface area contributed by atoms with Crippen LogP contribution < -0.4 is 4.74 Å². The normalized spacial score (nSPS) is 16.5. The van der Waals surface area contributed by atoms with Gasteiger partial charge in [0.1, 0.15) is 23.2 Å². The zero-order chi connectivity index (χ0) is 20.3. The van der Waals surface area contributed by atoms with Crippen molar-refractivity contribution in [3.8, 4) is 17.1 Å². The number of nitrogens with one attached hydrogen (secondary N) is 1. The molecule has 0 spiro atoms. The molecule has 1 atom stereocenters. The van der Waals surface area contributed by atoms with E-state index in [2.05, 4.69) is 15.0 Å². The average molecular weight is 398 g/mol. The molecule has 0 radical (unpaired) electrons. The van der Waals surface area contributed by atoms with Gasteiger partial charge in [0.2, 0.25) is 0 Å². The highest BCUT2D eigenvalue weighted by atomic mass is 16.5. The number of carbonyl (C=O) groups excluding carboxylic acids is 1. The highest BCUT2D eigenvalue weighted by Gasteiger charge is 2.26. The maximum atomic E-state index is 13.1. The number of benzene rings is 2. The Kier molecular flexibility index (Phi) is 4.89. The number of H-pyrrole nitrogens is 1. The molecule has 1 amide bonds. The van der Waals surface area contributed by atoms with Gasteiger partial charge in [0.05, 0.1) is 6.54 Å². The molecule has 0 aliphatic carbocycles. The van der Waals surface area contributed by atoms with Crippen LogP contribution >= 0.6 is 0 Å². The number of hydrogen-bond acceptors (Lipinski definition) is 4. The molecule has 0 bridgehead atoms. The van der Waals surface area contributed by atoms with E-state index < -0.39 is 0 Å². The first kappa shape index (κ1) is 18.4. The van der Waals surface area contributed by atoms with Gasteiger partial charge in [-0.05, 0) is 31.0 Å². The SMILES string of the molecule is O=C(c1cc2cnc(-c3ccccc3)nc2[nH]1)N1CCCC(Oc2ccccc2)C1. The molecule has 4 aromatic rings. The van der Waals surface area contributed by atoms with Crippen LogP contribution in [0, 0.1) is 0 Å². The van der Waals surface area contributed by atoms with Crippen LogP contribution in [0.3, 0.4) is 0 Å². The topological polar surface area (TPSA) is 71.1 Å². The van der Waals surface area contributed by atoms with Gasteiger partial charge in [0.25, 0.3) is 5.91 Å². The predicted molar refractivity (Wildman–Crippen MR) is 115 cm³/mol. The van der Waals surface area contributed by atoms with Crippen LogP contribution in [0.15, 0.2) is 72.9 Å². The lowest BCUT2D eigenvalue weighted by Gasteiger charge is -2.32. The monoisotopic (exact) mass is 398 g/mol. The number of nitrogens with zero attached hydrogens (tertiary/aromatic N) is 3. The Hall–Kier alpha value is -3.67. The molecule has 1 fully saturated rings. The molecule has 5 rings (SSSR count). The molecule has 30 heavy (non-hydrogen) atoms. The summed E-state index contributed by atoms with van der Waals surface area (Å²) in [7, 11) is 0. The number of likely N-dealkylation sites (tertiary alicyclic amines) is 1. The molecule has 1 unspecified atom stereocenters. The Morgan fingerprint density at radius 2 is 1.83 bits per heavy atom. The van der Waals surface area contributed by atoms with E-state index in [1.807, 2.05) is 71.6 Å². The molecule has 0 saturated carbocycles. The minimum Gasteiger partial charge on any atom is -0.489 e. The van der Waals surface area contributed by atoms with Crippen molar-refractivity contribution in [2.24, 2.45) is 0 Å². The summed E-state index contributed by atoms with van der Waals surface area (Å²) in [4.78, 5) is 27.2. The van der Waals surface area contributed by atoms with Gasteiger partial charge in [-0.2, -0.15) is 0 Å². The minimum atomic E-state index is -0.0318. The number of piperidine rings is 1. The highest BCUT2D eigenvalue weighted by Crippen LogP contribution is 2.22. The second-order valence-electron chi connectivity index (χ2n) is 7.49. The summed E-state index contributed by atoms with van der Waals surface area (Å²) in [5.41, 5.74) is 2.14. The maximum absolute atomic E-state index is 13.1. The van der Waals surface area contributed by atoms with Crippen LogP contribution in [0.4, 0.5) is 0 Å². The number of fused-ring (bicyclic) bond motifs is 1. The lowest BCUT2D eigenvalue weighted by molar-refractivity contribution is 0.0533. The van der Waals surface area contributed by atoms with E-state index in [0.29, 0.717) is 23.7 Å². The first-order valence-corrected chi connectivity index (χ1v) is 10.2. The van der Waals surface area contributed by atoms with Crippen LogP contribution in [0.5, 0.6) is 5.75 Å². The standard InChI is InChI=1S/C24H22N4O2/c29-24(28-13-7-12-20(16-28)30-19-10-5-2-6-11-19)21-14-18-15-25-22(27-23(18)26-21)17-8-3-1-4-9-17/h1-6,8-11,14-15,20H,7,12-13,16H2,(H,25,26,27). The number of ether oxygens (including phenoxy) is 1. The van der Waals surface area contributed by atoms with Crippen LogP contribution in [0.1, 0.15) is 23.3 Å². The summed E-state index contributed by atoms with van der Waals surface area (Å²) in [6.07, 6.45) is 3.62. The molecule has 1 N–H and O–H groups in total. The molecule has 1 saturated heterocycles. The summed E-state index contributed by atoms with van der Waals surface area (Å²) < 4.78 is 6.07. The van der Waals surface area contributed by atoms with Crippen LogP contribution in [0.25, 0.3) is 22.4 Å². The summed E-state index contributed by atoms with van der Waals surface area (Å²) in [5, 5.41) is 0.826. The number of aromatic nitrogens is 3. The lowest BCUT2D eigenvalue weighted by Crippen LogP contribution is -2.44. The summed E-state index contributed by atoms with van der Waals surface area (Å²) in [6.45, 7) is 1.30. The van der Waals surface area contributed by atoms with Gasteiger partial charge >= 0.3 is 0 Å². The number of para-hydroxylation sites is 1. The van der Waals surface area contributed by atoms with Crippen LogP contribution in [0.2, 0.25) is 0 Å². The van der Waals surface area contributed by atoms with E-state index >= 15 is 0 Å². The van der Waals surface area contributed by atoms with Gasteiger partial charge in [-0.1, -0.05) is 48.5 Å². The predicted octanol–water partition coefficient (Wildman–Crippen LogP) is 4.31. The highest BCUT2D eigenvalue weighted by molar-refractivity contribution is 5.97. The van der Waals surface area contributed by atoms with Gasteiger partial charge in [0, 0.05) is 23.7 Å². The van der Waals surface area contributed by atoms with E-state index in [1.54, 1.807) is 6.20 Å². The Labute approximate surface area is 174 Å². The molecular weight excluding hydrogens is 376 g/mol. The molecule has 1 aliphatic heterocycles. The molecule has 150 valence electrons. The number of aromatic amines is 1.